The number of hydrogen-bond acceptors (Lipinski definition) is 3. The second-order valence-corrected chi connectivity index (χ2v) is 5.39. The number of anilines is 1. The van der Waals surface area contributed by atoms with E-state index in [0.29, 0.717) is 11.7 Å². The zero-order valence-electron chi connectivity index (χ0n) is 11.3. The Kier molecular flexibility index (Phi) is 3.20. The van der Waals surface area contributed by atoms with E-state index < -0.39 is 0 Å². The standard InChI is InChI=1S/C16H19N3/c1-11-5-4-8-13(9-11)16-18-14(10-15(17)19-16)12-6-2-3-7-12/h4-5,8-10,12H,2-3,6-7H2,1H3,(H2,17,18,19). The minimum atomic E-state index is 0.564. The van der Waals surface area contributed by atoms with Gasteiger partial charge in [-0.2, -0.15) is 0 Å². The van der Waals surface area contributed by atoms with Crippen molar-refractivity contribution in [2.75, 3.05) is 5.73 Å². The predicted octanol–water partition coefficient (Wildman–Crippen LogP) is 3.69. The van der Waals surface area contributed by atoms with E-state index in [9.17, 15) is 0 Å². The molecule has 3 nitrogen and oxygen atoms in total. The van der Waals surface area contributed by atoms with Gasteiger partial charge in [0.15, 0.2) is 5.82 Å². The van der Waals surface area contributed by atoms with Crippen LogP contribution in [0.2, 0.25) is 0 Å². The fourth-order valence-corrected chi connectivity index (χ4v) is 2.83. The highest BCUT2D eigenvalue weighted by Gasteiger charge is 2.19. The second-order valence-electron chi connectivity index (χ2n) is 5.39. The maximum absolute atomic E-state index is 5.95. The lowest BCUT2D eigenvalue weighted by Crippen LogP contribution is -2.03. The molecule has 1 heterocycles. The van der Waals surface area contributed by atoms with Crippen molar-refractivity contribution >= 4 is 5.82 Å². The Balaban J connectivity index is 2.01. The van der Waals surface area contributed by atoms with Crippen molar-refractivity contribution < 1.29 is 0 Å². The molecule has 2 N–H and O–H groups in total. The maximum Gasteiger partial charge on any atom is 0.161 e. The molecule has 0 aliphatic heterocycles. The van der Waals surface area contributed by atoms with Crippen molar-refractivity contribution in [3.63, 3.8) is 0 Å². The molecule has 3 rings (SSSR count). The van der Waals surface area contributed by atoms with Gasteiger partial charge in [0.25, 0.3) is 0 Å². The lowest BCUT2D eigenvalue weighted by atomic mass is 10.0. The first kappa shape index (κ1) is 12.2. The molecule has 1 aromatic carbocycles. The number of benzene rings is 1. The fourth-order valence-electron chi connectivity index (χ4n) is 2.83. The Bertz CT molecular complexity index is 586. The molecule has 1 aliphatic carbocycles. The summed E-state index contributed by atoms with van der Waals surface area (Å²) >= 11 is 0. The van der Waals surface area contributed by atoms with Gasteiger partial charge < -0.3 is 5.73 Å². The topological polar surface area (TPSA) is 51.8 Å². The molecular weight excluding hydrogens is 234 g/mol. The van der Waals surface area contributed by atoms with Gasteiger partial charge in [-0.05, 0) is 25.8 Å². The molecule has 0 bridgehead atoms. The number of nitrogens with zero attached hydrogens (tertiary/aromatic N) is 2. The monoisotopic (exact) mass is 253 g/mol. The molecule has 3 heteroatoms. The Morgan fingerprint density at radius 1 is 1.11 bits per heavy atom. The zero-order chi connectivity index (χ0) is 13.2. The van der Waals surface area contributed by atoms with Crippen molar-refractivity contribution in [2.24, 2.45) is 0 Å². The van der Waals surface area contributed by atoms with E-state index in [0.717, 1.165) is 17.1 Å². The molecule has 2 aromatic rings. The normalized spacial score (nSPS) is 15.8. The van der Waals surface area contributed by atoms with E-state index in [1.165, 1.54) is 31.2 Å². The van der Waals surface area contributed by atoms with Gasteiger partial charge in [-0.3, -0.25) is 0 Å². The first-order chi connectivity index (χ1) is 9.22. The third-order valence-corrected chi connectivity index (χ3v) is 3.82. The van der Waals surface area contributed by atoms with Crippen LogP contribution in [0.3, 0.4) is 0 Å². The SMILES string of the molecule is Cc1cccc(-c2nc(N)cc(C3CCCC3)n2)c1. The summed E-state index contributed by atoms with van der Waals surface area (Å²) in [5.41, 5.74) is 9.33. The molecule has 1 saturated carbocycles. The fraction of sp³-hybridized carbons (Fsp3) is 0.375. The van der Waals surface area contributed by atoms with Crippen LogP contribution in [-0.4, -0.2) is 9.97 Å². The van der Waals surface area contributed by atoms with Crippen LogP contribution in [0.15, 0.2) is 30.3 Å². The minimum absolute atomic E-state index is 0.564. The molecular formula is C16H19N3. The molecule has 1 aromatic heterocycles. The molecule has 0 spiro atoms. The molecule has 1 aliphatic rings. The summed E-state index contributed by atoms with van der Waals surface area (Å²) < 4.78 is 0. The van der Waals surface area contributed by atoms with Gasteiger partial charge in [0, 0.05) is 23.2 Å². The average molecular weight is 253 g/mol. The van der Waals surface area contributed by atoms with Crippen molar-refractivity contribution in [3.05, 3.63) is 41.6 Å². The number of aromatic nitrogens is 2. The Morgan fingerprint density at radius 3 is 2.63 bits per heavy atom. The summed E-state index contributed by atoms with van der Waals surface area (Å²) in [5, 5.41) is 0. The van der Waals surface area contributed by atoms with Crippen LogP contribution in [0.4, 0.5) is 5.82 Å². The van der Waals surface area contributed by atoms with Gasteiger partial charge in [-0.15, -0.1) is 0 Å². The van der Waals surface area contributed by atoms with Crippen LogP contribution in [0.5, 0.6) is 0 Å². The number of hydrogen-bond donors (Lipinski definition) is 1. The Hall–Kier alpha value is -1.90. The summed E-state index contributed by atoms with van der Waals surface area (Å²) in [5.74, 6) is 1.90. The van der Waals surface area contributed by atoms with Crippen molar-refractivity contribution in [1.29, 1.82) is 0 Å². The summed E-state index contributed by atoms with van der Waals surface area (Å²) in [6.07, 6.45) is 5.05. The van der Waals surface area contributed by atoms with Crippen LogP contribution in [0.25, 0.3) is 11.4 Å². The number of nitrogens with two attached hydrogens (primary N) is 1. The molecule has 98 valence electrons. The van der Waals surface area contributed by atoms with E-state index in [2.05, 4.69) is 24.0 Å². The van der Waals surface area contributed by atoms with Gasteiger partial charge in [-0.25, -0.2) is 9.97 Å². The van der Waals surface area contributed by atoms with E-state index >= 15 is 0 Å². The highest BCUT2D eigenvalue weighted by Crippen LogP contribution is 2.34. The first-order valence-electron chi connectivity index (χ1n) is 6.94. The van der Waals surface area contributed by atoms with E-state index in [1.54, 1.807) is 0 Å². The molecule has 0 saturated heterocycles. The zero-order valence-corrected chi connectivity index (χ0v) is 11.3. The number of rotatable bonds is 2. The van der Waals surface area contributed by atoms with Crippen LogP contribution in [-0.2, 0) is 0 Å². The summed E-state index contributed by atoms with van der Waals surface area (Å²) in [6.45, 7) is 2.08. The summed E-state index contributed by atoms with van der Waals surface area (Å²) in [7, 11) is 0. The van der Waals surface area contributed by atoms with E-state index in [-0.39, 0.29) is 0 Å². The van der Waals surface area contributed by atoms with Crippen LogP contribution in [0, 0.1) is 6.92 Å². The van der Waals surface area contributed by atoms with Gasteiger partial charge in [0.2, 0.25) is 0 Å². The minimum Gasteiger partial charge on any atom is -0.384 e. The summed E-state index contributed by atoms with van der Waals surface area (Å²) in [6, 6.07) is 10.2. The Labute approximate surface area is 113 Å². The van der Waals surface area contributed by atoms with Gasteiger partial charge in [-0.1, -0.05) is 36.6 Å². The van der Waals surface area contributed by atoms with Crippen molar-refractivity contribution in [2.45, 2.75) is 38.5 Å². The Morgan fingerprint density at radius 2 is 1.89 bits per heavy atom. The largest absolute Gasteiger partial charge is 0.384 e. The van der Waals surface area contributed by atoms with Crippen molar-refractivity contribution in [3.8, 4) is 11.4 Å². The number of aryl methyl sites for hydroxylation is 1. The lowest BCUT2D eigenvalue weighted by molar-refractivity contribution is 0.696. The number of nitrogen functional groups attached to an aromatic ring is 1. The highest BCUT2D eigenvalue weighted by atomic mass is 14.9. The van der Waals surface area contributed by atoms with Crippen LogP contribution < -0.4 is 5.73 Å². The molecule has 0 amide bonds. The third kappa shape index (κ3) is 2.60. The van der Waals surface area contributed by atoms with Gasteiger partial charge in [0.05, 0.1) is 0 Å². The first-order valence-corrected chi connectivity index (χ1v) is 6.94. The predicted molar refractivity (Wildman–Crippen MR) is 77.8 cm³/mol. The van der Waals surface area contributed by atoms with Crippen LogP contribution in [0.1, 0.15) is 42.9 Å². The van der Waals surface area contributed by atoms with Gasteiger partial charge >= 0.3 is 0 Å². The average Bonchev–Trinajstić information content (AvgIpc) is 2.92. The molecule has 0 atom stereocenters. The highest BCUT2D eigenvalue weighted by molar-refractivity contribution is 5.58. The maximum atomic E-state index is 5.95. The molecule has 1 fully saturated rings. The molecule has 0 radical (unpaired) electrons. The third-order valence-electron chi connectivity index (χ3n) is 3.82. The quantitative estimate of drug-likeness (QED) is 0.888. The van der Waals surface area contributed by atoms with Crippen LogP contribution >= 0.6 is 0 Å². The second kappa shape index (κ2) is 5.00. The van der Waals surface area contributed by atoms with Crippen molar-refractivity contribution in [1.82, 2.24) is 9.97 Å². The molecule has 0 unspecified atom stereocenters. The molecule has 19 heavy (non-hydrogen) atoms. The summed E-state index contributed by atoms with van der Waals surface area (Å²) in [4.78, 5) is 9.12. The van der Waals surface area contributed by atoms with E-state index in [4.69, 9.17) is 10.7 Å². The van der Waals surface area contributed by atoms with Gasteiger partial charge in [0.1, 0.15) is 5.82 Å². The smallest absolute Gasteiger partial charge is 0.161 e. The van der Waals surface area contributed by atoms with E-state index in [1.807, 2.05) is 18.2 Å². The lowest BCUT2D eigenvalue weighted by Gasteiger charge is -2.11.